The van der Waals surface area contributed by atoms with Crippen molar-refractivity contribution in [2.45, 2.75) is 6.92 Å². The van der Waals surface area contributed by atoms with Gasteiger partial charge in [-0.05, 0) is 67.2 Å². The molecule has 0 aromatic heterocycles. The smallest absolute Gasteiger partial charge is 0.189 e. The van der Waals surface area contributed by atoms with Crippen LogP contribution in [0.4, 0.5) is 5.69 Å². The third kappa shape index (κ3) is 5.03. The zero-order valence-electron chi connectivity index (χ0n) is 12.2. The van der Waals surface area contributed by atoms with Crippen molar-refractivity contribution >= 4 is 51.9 Å². The Morgan fingerprint density at radius 3 is 2.39 bits per heavy atom. The lowest BCUT2D eigenvalue weighted by Crippen LogP contribution is -2.39. The SMILES string of the molecule is C/C=C(\NNC(=S)Nc1ccc(Cl)cc1Cl)c1ccc(O)cc1. The van der Waals surface area contributed by atoms with E-state index in [9.17, 15) is 5.11 Å². The Balaban J connectivity index is 1.96. The monoisotopic (exact) mass is 367 g/mol. The lowest BCUT2D eigenvalue weighted by Gasteiger charge is -2.16. The molecule has 7 heteroatoms. The summed E-state index contributed by atoms with van der Waals surface area (Å²) < 4.78 is 0. The molecule has 0 radical (unpaired) electrons. The van der Waals surface area contributed by atoms with Gasteiger partial charge in [-0.1, -0.05) is 29.3 Å². The molecule has 0 fully saturated rings. The summed E-state index contributed by atoms with van der Waals surface area (Å²) >= 11 is 17.2. The van der Waals surface area contributed by atoms with E-state index in [1.807, 2.05) is 13.0 Å². The van der Waals surface area contributed by atoms with E-state index in [1.165, 1.54) is 0 Å². The Kier molecular flexibility index (Phi) is 6.10. The summed E-state index contributed by atoms with van der Waals surface area (Å²) in [4.78, 5) is 0. The van der Waals surface area contributed by atoms with E-state index in [0.717, 1.165) is 11.3 Å². The molecule has 0 aliphatic rings. The minimum absolute atomic E-state index is 0.215. The number of phenols is 1. The molecule has 4 N–H and O–H groups in total. The van der Waals surface area contributed by atoms with Crippen LogP contribution in [0.5, 0.6) is 5.75 Å². The van der Waals surface area contributed by atoms with Crippen LogP contribution >= 0.6 is 35.4 Å². The van der Waals surface area contributed by atoms with Gasteiger partial charge < -0.3 is 10.4 Å². The lowest BCUT2D eigenvalue weighted by molar-refractivity contribution is 0.475. The molecule has 0 saturated carbocycles. The molecule has 0 unspecified atom stereocenters. The van der Waals surface area contributed by atoms with Crippen molar-refractivity contribution < 1.29 is 5.11 Å². The molecule has 0 atom stereocenters. The summed E-state index contributed by atoms with van der Waals surface area (Å²) in [6.07, 6.45) is 1.89. The number of hydrazine groups is 1. The highest BCUT2D eigenvalue weighted by molar-refractivity contribution is 7.80. The predicted octanol–water partition coefficient (Wildman–Crippen LogP) is 4.55. The first-order chi connectivity index (χ1) is 11.0. The van der Waals surface area contributed by atoms with Crippen LogP contribution in [0.1, 0.15) is 12.5 Å². The summed E-state index contributed by atoms with van der Waals surface area (Å²) in [6, 6.07) is 11.9. The van der Waals surface area contributed by atoms with Gasteiger partial charge in [0.25, 0.3) is 0 Å². The number of thiocarbonyl (C=S) groups is 1. The number of aromatic hydroxyl groups is 1. The Morgan fingerprint density at radius 1 is 1.09 bits per heavy atom. The molecular weight excluding hydrogens is 353 g/mol. The van der Waals surface area contributed by atoms with E-state index in [-0.39, 0.29) is 5.75 Å². The lowest BCUT2D eigenvalue weighted by atomic mass is 10.1. The number of phenolic OH excluding ortho intramolecular Hbond substituents is 1. The highest BCUT2D eigenvalue weighted by Gasteiger charge is 2.05. The summed E-state index contributed by atoms with van der Waals surface area (Å²) in [5.74, 6) is 0.215. The van der Waals surface area contributed by atoms with Crippen molar-refractivity contribution in [1.29, 1.82) is 0 Å². The fourth-order valence-corrected chi connectivity index (χ4v) is 2.44. The largest absolute Gasteiger partial charge is 0.508 e. The molecule has 0 spiro atoms. The van der Waals surface area contributed by atoms with Crippen LogP contribution < -0.4 is 16.2 Å². The number of halogens is 2. The van der Waals surface area contributed by atoms with Crippen LogP contribution in [0, 0.1) is 0 Å². The number of hydrogen-bond acceptors (Lipinski definition) is 3. The molecule has 0 bridgehead atoms. The van der Waals surface area contributed by atoms with Gasteiger partial charge in [-0.15, -0.1) is 0 Å². The first kappa shape index (κ1) is 17.4. The van der Waals surface area contributed by atoms with Gasteiger partial charge in [0, 0.05) is 5.02 Å². The average Bonchev–Trinajstić information content (AvgIpc) is 2.52. The number of anilines is 1. The van der Waals surface area contributed by atoms with Crippen molar-refractivity contribution in [1.82, 2.24) is 10.9 Å². The maximum Gasteiger partial charge on any atom is 0.189 e. The van der Waals surface area contributed by atoms with Gasteiger partial charge in [-0.2, -0.15) is 0 Å². The highest BCUT2D eigenvalue weighted by Crippen LogP contribution is 2.25. The van der Waals surface area contributed by atoms with E-state index in [0.29, 0.717) is 20.8 Å². The predicted molar refractivity (Wildman–Crippen MR) is 101 cm³/mol. The molecule has 0 aliphatic carbocycles. The Morgan fingerprint density at radius 2 is 1.78 bits per heavy atom. The molecule has 4 nitrogen and oxygen atoms in total. The van der Waals surface area contributed by atoms with Gasteiger partial charge in [0.1, 0.15) is 5.75 Å². The Hall–Kier alpha value is -1.95. The summed E-state index contributed by atoms with van der Waals surface area (Å²) in [5, 5.41) is 13.7. The molecule has 2 rings (SSSR count). The van der Waals surface area contributed by atoms with Gasteiger partial charge in [-0.25, -0.2) is 0 Å². The normalized spacial score (nSPS) is 11.0. The van der Waals surface area contributed by atoms with Gasteiger partial charge in [0.2, 0.25) is 0 Å². The van der Waals surface area contributed by atoms with Crippen LogP contribution in [0.15, 0.2) is 48.5 Å². The third-order valence-electron chi connectivity index (χ3n) is 2.96. The molecule has 0 amide bonds. The van der Waals surface area contributed by atoms with Crippen LogP contribution in [0.3, 0.4) is 0 Å². The van der Waals surface area contributed by atoms with Crippen molar-refractivity contribution in [2.75, 3.05) is 5.32 Å². The summed E-state index contributed by atoms with van der Waals surface area (Å²) in [5.41, 5.74) is 8.28. The number of nitrogens with one attached hydrogen (secondary N) is 3. The zero-order valence-corrected chi connectivity index (χ0v) is 14.6. The van der Waals surface area contributed by atoms with E-state index >= 15 is 0 Å². The maximum atomic E-state index is 9.33. The Bertz CT molecular complexity index is 733. The second-order valence-electron chi connectivity index (χ2n) is 4.58. The second kappa shape index (κ2) is 8.06. The number of rotatable bonds is 4. The fraction of sp³-hybridized carbons (Fsp3) is 0.0625. The van der Waals surface area contributed by atoms with Gasteiger partial charge in [0.15, 0.2) is 5.11 Å². The third-order valence-corrected chi connectivity index (χ3v) is 3.71. The summed E-state index contributed by atoms with van der Waals surface area (Å²) in [6.45, 7) is 1.89. The molecule has 2 aromatic carbocycles. The van der Waals surface area contributed by atoms with Gasteiger partial charge in [0.05, 0.1) is 16.4 Å². The number of hydrogen-bond donors (Lipinski definition) is 4. The van der Waals surface area contributed by atoms with E-state index in [2.05, 4.69) is 16.2 Å². The molecule has 23 heavy (non-hydrogen) atoms. The van der Waals surface area contributed by atoms with E-state index in [1.54, 1.807) is 42.5 Å². The first-order valence-corrected chi connectivity index (χ1v) is 7.90. The average molecular weight is 368 g/mol. The highest BCUT2D eigenvalue weighted by atomic mass is 35.5. The van der Waals surface area contributed by atoms with Crippen molar-refractivity contribution in [3.8, 4) is 5.75 Å². The maximum absolute atomic E-state index is 9.33. The Labute approximate surface area is 150 Å². The van der Waals surface area contributed by atoms with Crippen molar-refractivity contribution in [2.24, 2.45) is 0 Å². The molecule has 0 saturated heterocycles. The molecule has 120 valence electrons. The molecular formula is C16H15Cl2N3OS. The first-order valence-electron chi connectivity index (χ1n) is 6.73. The van der Waals surface area contributed by atoms with Crippen LogP contribution in [-0.2, 0) is 0 Å². The minimum atomic E-state index is 0.215. The van der Waals surface area contributed by atoms with E-state index < -0.39 is 0 Å². The standard InChI is InChI=1S/C16H15Cl2N3OS/c1-2-14(10-3-6-12(22)7-4-10)20-21-16(23)19-15-8-5-11(17)9-13(15)18/h2-9,20,22H,1H3,(H2,19,21,23)/b14-2-. The second-order valence-corrected chi connectivity index (χ2v) is 5.83. The van der Waals surface area contributed by atoms with Crippen LogP contribution in [0.25, 0.3) is 5.70 Å². The zero-order chi connectivity index (χ0) is 16.8. The van der Waals surface area contributed by atoms with E-state index in [4.69, 9.17) is 35.4 Å². The number of allylic oxidation sites excluding steroid dienone is 1. The van der Waals surface area contributed by atoms with Crippen LogP contribution in [-0.4, -0.2) is 10.2 Å². The number of benzene rings is 2. The quantitative estimate of drug-likeness (QED) is 0.471. The van der Waals surface area contributed by atoms with Gasteiger partial charge in [-0.3, -0.25) is 10.9 Å². The molecule has 2 aromatic rings. The van der Waals surface area contributed by atoms with Crippen molar-refractivity contribution in [3.63, 3.8) is 0 Å². The van der Waals surface area contributed by atoms with Crippen molar-refractivity contribution in [3.05, 3.63) is 64.1 Å². The molecule has 0 heterocycles. The minimum Gasteiger partial charge on any atom is -0.508 e. The van der Waals surface area contributed by atoms with Crippen LogP contribution in [0.2, 0.25) is 10.0 Å². The topological polar surface area (TPSA) is 56.3 Å². The molecule has 0 aliphatic heterocycles. The fourth-order valence-electron chi connectivity index (χ4n) is 1.82. The summed E-state index contributed by atoms with van der Waals surface area (Å²) in [7, 11) is 0. The van der Waals surface area contributed by atoms with Gasteiger partial charge >= 0.3 is 0 Å².